The number of halogens is 2. The summed E-state index contributed by atoms with van der Waals surface area (Å²) in [5.41, 5.74) is 1.60. The molecule has 2 aromatic carbocycles. The number of anilines is 1. The largest absolute Gasteiger partial charge is 0.457 e. The van der Waals surface area contributed by atoms with E-state index in [0.717, 1.165) is 11.3 Å². The molecule has 1 amide bonds. The second-order valence-electron chi connectivity index (χ2n) is 4.64. The van der Waals surface area contributed by atoms with Crippen molar-refractivity contribution >= 4 is 27.5 Å². The molecule has 0 radical (unpaired) electrons. The third-order valence-corrected chi connectivity index (χ3v) is 3.88. The molecule has 1 heterocycles. The van der Waals surface area contributed by atoms with Crippen molar-refractivity contribution in [3.63, 3.8) is 0 Å². The van der Waals surface area contributed by atoms with Crippen LogP contribution in [0.25, 0.3) is 0 Å². The molecule has 1 atom stereocenters. The predicted molar refractivity (Wildman–Crippen MR) is 81.0 cm³/mol. The summed E-state index contributed by atoms with van der Waals surface area (Å²) >= 11 is 3.11. The van der Waals surface area contributed by atoms with E-state index in [2.05, 4.69) is 26.6 Å². The van der Waals surface area contributed by atoms with Gasteiger partial charge < -0.3 is 15.4 Å². The van der Waals surface area contributed by atoms with Crippen molar-refractivity contribution in [1.82, 2.24) is 5.32 Å². The van der Waals surface area contributed by atoms with E-state index in [4.69, 9.17) is 4.74 Å². The van der Waals surface area contributed by atoms with Crippen molar-refractivity contribution in [2.75, 3.05) is 12.4 Å². The normalized spacial score (nSPS) is 16.5. The quantitative estimate of drug-likeness (QED) is 0.889. The van der Waals surface area contributed by atoms with Crippen molar-refractivity contribution in [1.29, 1.82) is 0 Å². The maximum atomic E-state index is 13.2. The molecule has 4 nitrogen and oxygen atoms in total. The predicted octanol–water partition coefficient (Wildman–Crippen LogP) is 3.59. The number of rotatable bonds is 3. The highest BCUT2D eigenvalue weighted by atomic mass is 79.9. The first kappa shape index (κ1) is 14.0. The van der Waals surface area contributed by atoms with E-state index in [1.54, 1.807) is 31.3 Å². The molecule has 2 aromatic rings. The number of benzene rings is 2. The zero-order valence-corrected chi connectivity index (χ0v) is 12.7. The van der Waals surface area contributed by atoms with Crippen molar-refractivity contribution < 1.29 is 13.9 Å². The van der Waals surface area contributed by atoms with E-state index in [1.165, 1.54) is 6.07 Å². The molecule has 108 valence electrons. The van der Waals surface area contributed by atoms with Crippen LogP contribution >= 0.6 is 15.9 Å². The molecular formula is C15H12BrFN2O2. The molecule has 6 heteroatoms. The fraction of sp³-hybridized carbons (Fsp3) is 0.133. The van der Waals surface area contributed by atoms with Gasteiger partial charge in [-0.15, -0.1) is 0 Å². The summed E-state index contributed by atoms with van der Waals surface area (Å²) in [6, 6.07) is 9.45. The molecule has 3 rings (SSSR count). The van der Waals surface area contributed by atoms with Gasteiger partial charge in [-0.25, -0.2) is 4.39 Å². The van der Waals surface area contributed by atoms with Gasteiger partial charge >= 0.3 is 0 Å². The molecule has 0 aromatic heterocycles. The molecule has 0 saturated carbocycles. The zero-order chi connectivity index (χ0) is 15.0. The smallest absolute Gasteiger partial charge is 0.246 e. The highest BCUT2D eigenvalue weighted by Crippen LogP contribution is 2.35. The van der Waals surface area contributed by atoms with Crippen LogP contribution < -0.4 is 15.4 Å². The average Bonchev–Trinajstić information content (AvgIpc) is 2.77. The molecule has 0 spiro atoms. The Morgan fingerprint density at radius 3 is 2.67 bits per heavy atom. The van der Waals surface area contributed by atoms with Gasteiger partial charge in [-0.05, 0) is 47.2 Å². The van der Waals surface area contributed by atoms with Gasteiger partial charge in [-0.3, -0.25) is 4.79 Å². The summed E-state index contributed by atoms with van der Waals surface area (Å²) in [4.78, 5) is 11.8. The number of hydrogen-bond acceptors (Lipinski definition) is 3. The van der Waals surface area contributed by atoms with Crippen LogP contribution in [0.3, 0.4) is 0 Å². The Labute approximate surface area is 129 Å². The Morgan fingerprint density at radius 2 is 1.95 bits per heavy atom. The molecule has 0 fully saturated rings. The monoisotopic (exact) mass is 350 g/mol. The molecule has 0 bridgehead atoms. The number of nitrogens with one attached hydrogen (secondary N) is 2. The summed E-state index contributed by atoms with van der Waals surface area (Å²) in [5, 5.41) is 5.75. The lowest BCUT2D eigenvalue weighted by Gasteiger charge is -2.09. The number of fused-ring (bicyclic) bond motifs is 1. The second-order valence-corrected chi connectivity index (χ2v) is 5.49. The highest BCUT2D eigenvalue weighted by Gasteiger charge is 2.29. The van der Waals surface area contributed by atoms with Crippen LogP contribution in [0, 0.1) is 5.82 Å². The summed E-state index contributed by atoms with van der Waals surface area (Å²) in [6.45, 7) is 0. The van der Waals surface area contributed by atoms with Gasteiger partial charge in [0.25, 0.3) is 0 Å². The third kappa shape index (κ3) is 2.64. The average molecular weight is 351 g/mol. The Hall–Kier alpha value is -1.92. The van der Waals surface area contributed by atoms with E-state index >= 15 is 0 Å². The molecule has 1 aliphatic rings. The Balaban J connectivity index is 1.87. The fourth-order valence-corrected chi connectivity index (χ4v) is 2.63. The van der Waals surface area contributed by atoms with Crippen LogP contribution in [-0.2, 0) is 4.79 Å². The van der Waals surface area contributed by atoms with E-state index in [1.807, 2.05) is 6.07 Å². The molecule has 0 saturated heterocycles. The van der Waals surface area contributed by atoms with E-state index in [-0.39, 0.29) is 17.8 Å². The lowest BCUT2D eigenvalue weighted by Crippen LogP contribution is -2.23. The maximum Gasteiger partial charge on any atom is 0.246 e. The van der Waals surface area contributed by atoms with Gasteiger partial charge in [0.05, 0.1) is 4.47 Å². The standard InChI is InChI=1S/C15H12BrFN2O2/c1-18-14-10-4-2-9(7-13(10)19-15(14)20)21-8-3-5-12(17)11(16)6-8/h2-7,14,18H,1H3,(H,19,20). The van der Waals surface area contributed by atoms with Gasteiger partial charge in [-0.2, -0.15) is 0 Å². The molecule has 21 heavy (non-hydrogen) atoms. The number of carbonyl (C=O) groups is 1. The van der Waals surface area contributed by atoms with Crippen LogP contribution in [0.15, 0.2) is 40.9 Å². The van der Waals surface area contributed by atoms with Crippen LogP contribution in [0.2, 0.25) is 0 Å². The molecule has 1 aliphatic heterocycles. The SMILES string of the molecule is CNC1C(=O)Nc2cc(Oc3ccc(F)c(Br)c3)ccc21. The van der Waals surface area contributed by atoms with Gasteiger partial charge in [0.15, 0.2) is 0 Å². The first-order valence-electron chi connectivity index (χ1n) is 6.33. The first-order valence-corrected chi connectivity index (χ1v) is 7.13. The topological polar surface area (TPSA) is 50.4 Å². The van der Waals surface area contributed by atoms with Gasteiger partial charge in [0.1, 0.15) is 23.4 Å². The summed E-state index contributed by atoms with van der Waals surface area (Å²) < 4.78 is 19.2. The lowest BCUT2D eigenvalue weighted by molar-refractivity contribution is -0.117. The Morgan fingerprint density at radius 1 is 1.24 bits per heavy atom. The van der Waals surface area contributed by atoms with Crippen molar-refractivity contribution in [3.05, 3.63) is 52.3 Å². The number of likely N-dealkylation sites (N-methyl/N-ethyl adjacent to an activating group) is 1. The second kappa shape index (κ2) is 5.46. The number of ether oxygens (including phenoxy) is 1. The Kier molecular flexibility index (Phi) is 3.65. The molecule has 1 unspecified atom stereocenters. The number of carbonyl (C=O) groups excluding carboxylic acids is 1. The number of amides is 1. The first-order chi connectivity index (χ1) is 10.1. The van der Waals surface area contributed by atoms with Crippen LogP contribution in [0.1, 0.15) is 11.6 Å². The van der Waals surface area contributed by atoms with Gasteiger partial charge in [0.2, 0.25) is 5.91 Å². The molecular weight excluding hydrogens is 339 g/mol. The van der Waals surface area contributed by atoms with E-state index < -0.39 is 0 Å². The maximum absolute atomic E-state index is 13.2. The molecule has 0 aliphatic carbocycles. The highest BCUT2D eigenvalue weighted by molar-refractivity contribution is 9.10. The third-order valence-electron chi connectivity index (χ3n) is 3.27. The van der Waals surface area contributed by atoms with Crippen molar-refractivity contribution in [3.8, 4) is 11.5 Å². The minimum Gasteiger partial charge on any atom is -0.457 e. The summed E-state index contributed by atoms with van der Waals surface area (Å²) in [5.74, 6) is 0.650. The minimum absolute atomic E-state index is 0.0887. The number of hydrogen-bond donors (Lipinski definition) is 2. The van der Waals surface area contributed by atoms with Crippen LogP contribution in [0.5, 0.6) is 11.5 Å². The minimum atomic E-state index is -0.347. The van der Waals surface area contributed by atoms with Gasteiger partial charge in [0, 0.05) is 17.3 Å². The van der Waals surface area contributed by atoms with E-state index in [0.29, 0.717) is 16.0 Å². The lowest BCUT2D eigenvalue weighted by atomic mass is 10.1. The fourth-order valence-electron chi connectivity index (χ4n) is 2.27. The summed E-state index contributed by atoms with van der Waals surface area (Å²) in [7, 11) is 1.74. The van der Waals surface area contributed by atoms with Crippen molar-refractivity contribution in [2.24, 2.45) is 0 Å². The van der Waals surface area contributed by atoms with E-state index in [9.17, 15) is 9.18 Å². The summed E-state index contributed by atoms with van der Waals surface area (Å²) in [6.07, 6.45) is 0. The molecule has 2 N–H and O–H groups in total. The Bertz CT molecular complexity index is 721. The van der Waals surface area contributed by atoms with Crippen molar-refractivity contribution in [2.45, 2.75) is 6.04 Å². The van der Waals surface area contributed by atoms with Crippen LogP contribution in [0.4, 0.5) is 10.1 Å². The van der Waals surface area contributed by atoms with Crippen LogP contribution in [-0.4, -0.2) is 13.0 Å². The zero-order valence-electron chi connectivity index (χ0n) is 11.1. The van der Waals surface area contributed by atoms with Gasteiger partial charge in [-0.1, -0.05) is 6.07 Å².